The van der Waals surface area contributed by atoms with Crippen molar-refractivity contribution in [2.75, 3.05) is 6.54 Å². The van der Waals surface area contributed by atoms with E-state index in [0.29, 0.717) is 25.1 Å². The summed E-state index contributed by atoms with van der Waals surface area (Å²) in [6.45, 7) is 7.09. The molecular formula is C14H18F3N. The average Bonchev–Trinajstić information content (AvgIpc) is 2.27. The summed E-state index contributed by atoms with van der Waals surface area (Å²) >= 11 is 0. The smallest absolute Gasteiger partial charge is 0.266 e. The van der Waals surface area contributed by atoms with Gasteiger partial charge in [0.05, 0.1) is 5.56 Å². The van der Waals surface area contributed by atoms with Crippen molar-refractivity contribution in [1.82, 2.24) is 5.32 Å². The van der Waals surface area contributed by atoms with Crippen LogP contribution in [-0.2, 0) is 18.4 Å². The molecule has 0 atom stereocenters. The van der Waals surface area contributed by atoms with Crippen LogP contribution in [0.4, 0.5) is 13.2 Å². The lowest BCUT2D eigenvalue weighted by molar-refractivity contribution is 0.145. The molecule has 100 valence electrons. The Morgan fingerprint density at radius 1 is 1.22 bits per heavy atom. The SMILES string of the molecule is CC(C)(C)c1cc(C(F)F)c(F)c2c1CNCC2. The van der Waals surface area contributed by atoms with E-state index in [1.54, 1.807) is 0 Å². The number of rotatable bonds is 1. The topological polar surface area (TPSA) is 12.0 Å². The highest BCUT2D eigenvalue weighted by Gasteiger charge is 2.28. The van der Waals surface area contributed by atoms with Gasteiger partial charge in [0.25, 0.3) is 6.43 Å². The molecule has 0 saturated carbocycles. The molecule has 0 bridgehead atoms. The molecule has 1 aliphatic rings. The number of nitrogens with one attached hydrogen (secondary N) is 1. The number of benzene rings is 1. The van der Waals surface area contributed by atoms with Crippen molar-refractivity contribution >= 4 is 0 Å². The summed E-state index contributed by atoms with van der Waals surface area (Å²) in [7, 11) is 0. The Hall–Kier alpha value is -1.03. The summed E-state index contributed by atoms with van der Waals surface area (Å²) in [6.07, 6.45) is -2.28. The van der Waals surface area contributed by atoms with Crippen LogP contribution in [0.3, 0.4) is 0 Å². The molecular weight excluding hydrogens is 239 g/mol. The Morgan fingerprint density at radius 2 is 1.89 bits per heavy atom. The van der Waals surface area contributed by atoms with Crippen LogP contribution in [0.25, 0.3) is 0 Å². The Bertz CT molecular complexity index is 461. The maximum atomic E-state index is 14.1. The largest absolute Gasteiger partial charge is 0.312 e. The first-order valence-corrected chi connectivity index (χ1v) is 6.16. The highest BCUT2D eigenvalue weighted by Crippen LogP contribution is 2.36. The van der Waals surface area contributed by atoms with Crippen LogP contribution in [0.1, 0.15) is 49.5 Å². The van der Waals surface area contributed by atoms with Crippen LogP contribution in [0.2, 0.25) is 0 Å². The fourth-order valence-electron chi connectivity index (χ4n) is 2.49. The minimum Gasteiger partial charge on any atom is -0.312 e. The Morgan fingerprint density at radius 3 is 2.44 bits per heavy atom. The molecule has 1 aromatic rings. The van der Waals surface area contributed by atoms with E-state index in [1.807, 2.05) is 20.8 Å². The van der Waals surface area contributed by atoms with Crippen molar-refractivity contribution in [3.63, 3.8) is 0 Å². The van der Waals surface area contributed by atoms with Gasteiger partial charge >= 0.3 is 0 Å². The molecule has 0 aliphatic carbocycles. The molecule has 1 aliphatic heterocycles. The summed E-state index contributed by atoms with van der Waals surface area (Å²) in [4.78, 5) is 0. The fraction of sp³-hybridized carbons (Fsp3) is 0.571. The van der Waals surface area contributed by atoms with Crippen molar-refractivity contribution in [2.24, 2.45) is 0 Å². The normalized spacial score (nSPS) is 15.9. The van der Waals surface area contributed by atoms with Gasteiger partial charge in [0.2, 0.25) is 0 Å². The van der Waals surface area contributed by atoms with Gasteiger partial charge in [0, 0.05) is 6.54 Å². The van der Waals surface area contributed by atoms with E-state index in [9.17, 15) is 13.2 Å². The molecule has 1 nitrogen and oxygen atoms in total. The zero-order valence-electron chi connectivity index (χ0n) is 10.9. The summed E-state index contributed by atoms with van der Waals surface area (Å²) in [5, 5.41) is 3.18. The quantitative estimate of drug-likeness (QED) is 0.808. The molecule has 0 radical (unpaired) electrons. The first-order valence-electron chi connectivity index (χ1n) is 6.16. The van der Waals surface area contributed by atoms with Gasteiger partial charge in [0.15, 0.2) is 0 Å². The van der Waals surface area contributed by atoms with E-state index < -0.39 is 17.8 Å². The van der Waals surface area contributed by atoms with Gasteiger partial charge in [-0.1, -0.05) is 20.8 Å². The summed E-state index contributed by atoms with van der Waals surface area (Å²) in [5.74, 6) is -0.713. The first-order chi connectivity index (χ1) is 8.32. The Balaban J connectivity index is 2.69. The standard InChI is InChI=1S/C14H18F3N/c1-14(2,3)11-6-9(13(16)17)12(15)8-4-5-18-7-10(8)11/h6,13,18H,4-5,7H2,1-3H3. The van der Waals surface area contributed by atoms with Crippen molar-refractivity contribution in [3.05, 3.63) is 34.1 Å². The number of hydrogen-bond acceptors (Lipinski definition) is 1. The number of fused-ring (bicyclic) bond motifs is 1. The molecule has 4 heteroatoms. The van der Waals surface area contributed by atoms with Crippen molar-refractivity contribution in [2.45, 2.75) is 45.6 Å². The van der Waals surface area contributed by atoms with Crippen molar-refractivity contribution in [3.8, 4) is 0 Å². The number of alkyl halides is 2. The predicted molar refractivity (Wildman–Crippen MR) is 65.5 cm³/mol. The third-order valence-corrected chi connectivity index (χ3v) is 3.40. The fourth-order valence-corrected chi connectivity index (χ4v) is 2.49. The van der Waals surface area contributed by atoms with Crippen LogP contribution >= 0.6 is 0 Å². The zero-order valence-corrected chi connectivity index (χ0v) is 10.9. The second-order valence-corrected chi connectivity index (χ2v) is 5.76. The second kappa shape index (κ2) is 4.57. The predicted octanol–water partition coefficient (Wildman–Crippen LogP) is 3.71. The van der Waals surface area contributed by atoms with Gasteiger partial charge in [0.1, 0.15) is 5.82 Å². The summed E-state index contributed by atoms with van der Waals surface area (Å²) in [5.41, 5.74) is 1.43. The third-order valence-electron chi connectivity index (χ3n) is 3.40. The zero-order chi connectivity index (χ0) is 13.5. The van der Waals surface area contributed by atoms with Gasteiger partial charge in [-0.2, -0.15) is 0 Å². The molecule has 0 saturated heterocycles. The molecule has 0 fully saturated rings. The lowest BCUT2D eigenvalue weighted by atomic mass is 9.79. The van der Waals surface area contributed by atoms with E-state index in [4.69, 9.17) is 0 Å². The number of halogens is 3. The second-order valence-electron chi connectivity index (χ2n) is 5.76. The van der Waals surface area contributed by atoms with Gasteiger partial charge < -0.3 is 5.32 Å². The molecule has 0 unspecified atom stereocenters. The van der Waals surface area contributed by atoms with Gasteiger partial charge in [-0.3, -0.25) is 0 Å². The van der Waals surface area contributed by atoms with Gasteiger partial charge in [-0.05, 0) is 41.1 Å². The molecule has 1 heterocycles. The monoisotopic (exact) mass is 257 g/mol. The highest BCUT2D eigenvalue weighted by atomic mass is 19.3. The van der Waals surface area contributed by atoms with Crippen molar-refractivity contribution < 1.29 is 13.2 Å². The van der Waals surface area contributed by atoms with Gasteiger partial charge in [-0.15, -0.1) is 0 Å². The maximum Gasteiger partial charge on any atom is 0.266 e. The Labute approximate surface area is 105 Å². The van der Waals surface area contributed by atoms with Crippen LogP contribution in [0.5, 0.6) is 0 Å². The van der Waals surface area contributed by atoms with E-state index >= 15 is 0 Å². The molecule has 2 rings (SSSR count). The first kappa shape index (κ1) is 13.4. The van der Waals surface area contributed by atoms with E-state index in [-0.39, 0.29) is 5.41 Å². The van der Waals surface area contributed by atoms with E-state index in [0.717, 1.165) is 11.1 Å². The molecule has 0 amide bonds. The average molecular weight is 257 g/mol. The molecule has 18 heavy (non-hydrogen) atoms. The van der Waals surface area contributed by atoms with Crippen molar-refractivity contribution in [1.29, 1.82) is 0 Å². The summed E-state index contributed by atoms with van der Waals surface area (Å²) < 4.78 is 39.9. The molecule has 1 N–H and O–H groups in total. The minimum atomic E-state index is -2.76. The molecule has 1 aromatic carbocycles. The highest BCUT2D eigenvalue weighted by molar-refractivity contribution is 5.45. The van der Waals surface area contributed by atoms with E-state index in [1.165, 1.54) is 6.07 Å². The van der Waals surface area contributed by atoms with Gasteiger partial charge in [-0.25, -0.2) is 13.2 Å². The van der Waals surface area contributed by atoms with Crippen LogP contribution in [-0.4, -0.2) is 6.54 Å². The van der Waals surface area contributed by atoms with Crippen LogP contribution in [0.15, 0.2) is 6.07 Å². The lowest BCUT2D eigenvalue weighted by Gasteiger charge is -2.29. The van der Waals surface area contributed by atoms with Crippen LogP contribution in [0, 0.1) is 5.82 Å². The Kier molecular flexibility index (Phi) is 3.41. The molecule has 0 spiro atoms. The third kappa shape index (κ3) is 2.26. The van der Waals surface area contributed by atoms with E-state index in [2.05, 4.69) is 5.32 Å². The molecule has 0 aromatic heterocycles. The number of hydrogen-bond donors (Lipinski definition) is 1. The lowest BCUT2D eigenvalue weighted by Crippen LogP contribution is -2.29. The minimum absolute atomic E-state index is 0.263. The van der Waals surface area contributed by atoms with Crippen LogP contribution < -0.4 is 5.32 Å². The maximum absolute atomic E-state index is 14.1. The summed E-state index contributed by atoms with van der Waals surface area (Å²) in [6, 6.07) is 1.34.